The molecule has 5 heteroatoms. The van der Waals surface area contributed by atoms with Crippen LogP contribution in [0, 0.1) is 0 Å². The molecule has 0 atom stereocenters. The Bertz CT molecular complexity index is 518. The van der Waals surface area contributed by atoms with Crippen molar-refractivity contribution >= 4 is 35.7 Å². The molecule has 1 saturated carbocycles. The van der Waals surface area contributed by atoms with Crippen LogP contribution in [0.4, 0.5) is 5.69 Å². The second kappa shape index (κ2) is 8.15. The minimum atomic E-state index is -0.523. The molecule has 124 valence electrons. The van der Waals surface area contributed by atoms with E-state index in [0.717, 1.165) is 11.3 Å². The molecule has 0 amide bonds. The van der Waals surface area contributed by atoms with Gasteiger partial charge in [0.25, 0.3) is 0 Å². The first-order chi connectivity index (χ1) is 9.91. The monoisotopic (exact) mass is 418 g/mol. The Balaban J connectivity index is 0.00000242. The highest BCUT2D eigenvalue weighted by atomic mass is 127. The molecule has 2 rings (SSSR count). The van der Waals surface area contributed by atoms with Crippen LogP contribution in [-0.4, -0.2) is 34.3 Å². The third-order valence-electron chi connectivity index (χ3n) is 4.20. The summed E-state index contributed by atoms with van der Waals surface area (Å²) >= 11 is 0. The van der Waals surface area contributed by atoms with Gasteiger partial charge in [0.2, 0.25) is 0 Å². The summed E-state index contributed by atoms with van der Waals surface area (Å²) in [6, 6.07) is 6.27. The smallest absolute Gasteiger partial charge is 0.149 e. The van der Waals surface area contributed by atoms with Crippen molar-refractivity contribution in [3.8, 4) is 5.75 Å². The lowest BCUT2D eigenvalue weighted by Gasteiger charge is -2.30. The largest absolute Gasteiger partial charge is 0.566 e. The summed E-state index contributed by atoms with van der Waals surface area (Å²) in [7, 11) is 7.77. The number of benzene rings is 1. The summed E-state index contributed by atoms with van der Waals surface area (Å²) < 4.78 is 6.16. The molecule has 0 aliphatic heterocycles. The zero-order valence-electron chi connectivity index (χ0n) is 14.0. The van der Waals surface area contributed by atoms with Crippen LogP contribution in [0.15, 0.2) is 23.2 Å². The highest BCUT2D eigenvalue weighted by molar-refractivity contribution is 14.0. The maximum Gasteiger partial charge on any atom is 0.149 e. The predicted molar refractivity (Wildman–Crippen MR) is 101 cm³/mol. The molecule has 4 nitrogen and oxygen atoms in total. The second-order valence-corrected chi connectivity index (χ2v) is 6.66. The molecule has 1 aromatic carbocycles. The van der Waals surface area contributed by atoms with Crippen molar-refractivity contribution in [1.29, 1.82) is 0 Å². The summed E-state index contributed by atoms with van der Waals surface area (Å²) in [4.78, 5) is 3.60. The zero-order chi connectivity index (χ0) is 15.5. The second-order valence-electron chi connectivity index (χ2n) is 6.66. The van der Waals surface area contributed by atoms with Crippen molar-refractivity contribution in [2.24, 2.45) is 4.99 Å². The van der Waals surface area contributed by atoms with E-state index >= 15 is 0 Å². The van der Waals surface area contributed by atoms with Gasteiger partial charge in [0.15, 0.2) is 0 Å². The Morgan fingerprint density at radius 2 is 1.82 bits per heavy atom. The Morgan fingerprint density at radius 3 is 2.36 bits per heavy atom. The van der Waals surface area contributed by atoms with Crippen molar-refractivity contribution < 1.29 is 9.84 Å². The van der Waals surface area contributed by atoms with E-state index in [4.69, 9.17) is 4.74 Å². The molecule has 1 aromatic rings. The molecule has 0 N–H and O–H groups in total. The van der Waals surface area contributed by atoms with E-state index < -0.39 is 6.08 Å². The molecular weight excluding hydrogens is 391 g/mol. The Kier molecular flexibility index (Phi) is 7.12. The topological polar surface area (TPSA) is 44.7 Å². The van der Waals surface area contributed by atoms with E-state index in [0.29, 0.717) is 16.2 Å². The van der Waals surface area contributed by atoms with Crippen molar-refractivity contribution in [2.45, 2.75) is 38.0 Å². The van der Waals surface area contributed by atoms with Gasteiger partial charge in [0.05, 0.1) is 21.1 Å². The number of aliphatic imine (C=N–C) groups is 1. The van der Waals surface area contributed by atoms with E-state index in [9.17, 15) is 5.11 Å². The van der Waals surface area contributed by atoms with Crippen LogP contribution in [0.2, 0.25) is 0 Å². The summed E-state index contributed by atoms with van der Waals surface area (Å²) in [5.74, 6) is 1.18. The average molecular weight is 418 g/mol. The Morgan fingerprint density at radius 1 is 1.18 bits per heavy atom. The number of halogens is 1. The van der Waals surface area contributed by atoms with Crippen molar-refractivity contribution in [1.82, 2.24) is 4.48 Å². The molecule has 0 spiro atoms. The Labute approximate surface area is 150 Å². The molecule has 22 heavy (non-hydrogen) atoms. The highest BCUT2D eigenvalue weighted by Gasteiger charge is 2.20. The lowest BCUT2D eigenvalue weighted by Crippen LogP contribution is -2.35. The van der Waals surface area contributed by atoms with Gasteiger partial charge in [-0.05, 0) is 30.4 Å². The van der Waals surface area contributed by atoms with Crippen LogP contribution in [0.3, 0.4) is 0 Å². The van der Waals surface area contributed by atoms with Crippen LogP contribution >= 0.6 is 24.0 Å². The molecule has 0 aromatic heterocycles. The molecule has 0 heterocycles. The predicted octanol–water partition coefficient (Wildman–Crippen LogP) is 3.27. The van der Waals surface area contributed by atoms with Gasteiger partial charge in [-0.2, -0.15) is 0 Å². The van der Waals surface area contributed by atoms with Crippen LogP contribution in [0.5, 0.6) is 5.75 Å². The molecule has 0 unspecified atom stereocenters. The molecule has 1 aliphatic carbocycles. The highest BCUT2D eigenvalue weighted by Crippen LogP contribution is 2.39. The van der Waals surface area contributed by atoms with Crippen LogP contribution in [0.1, 0.15) is 43.6 Å². The third-order valence-corrected chi connectivity index (χ3v) is 4.20. The molecular formula is C17H27IN2O2. The number of hydrogen-bond acceptors (Lipinski definition) is 3. The summed E-state index contributed by atoms with van der Waals surface area (Å²) in [6.45, 7) is 0. The van der Waals surface area contributed by atoms with E-state index in [-0.39, 0.29) is 24.0 Å². The van der Waals surface area contributed by atoms with E-state index in [1.54, 1.807) is 0 Å². The van der Waals surface area contributed by atoms with E-state index in [2.05, 4.69) is 38.3 Å². The van der Waals surface area contributed by atoms with Gasteiger partial charge in [-0.1, -0.05) is 25.3 Å². The van der Waals surface area contributed by atoms with E-state index in [1.807, 2.05) is 6.07 Å². The van der Waals surface area contributed by atoms with Gasteiger partial charge in [-0.3, -0.25) is 9.48 Å². The van der Waals surface area contributed by atoms with Gasteiger partial charge in [0.1, 0.15) is 11.8 Å². The van der Waals surface area contributed by atoms with Crippen molar-refractivity contribution in [3.05, 3.63) is 23.8 Å². The first-order valence-corrected chi connectivity index (χ1v) is 7.69. The van der Waals surface area contributed by atoms with Crippen LogP contribution in [0.25, 0.3) is 0 Å². The standard InChI is InChI=1S/C17H26N2O2.HI/c1-18-17(20)21-16-12-14(19(2,3)4)10-11-15(16)13-8-6-5-7-9-13;/h10-13H,5-9H2,1-4H3;1H. The number of quaternary nitrogens is 1. The van der Waals surface area contributed by atoms with Gasteiger partial charge < -0.3 is 9.84 Å². The van der Waals surface area contributed by atoms with Crippen molar-refractivity contribution in [2.75, 3.05) is 28.2 Å². The molecule has 1 aliphatic rings. The van der Waals surface area contributed by atoms with Gasteiger partial charge in [-0.15, -0.1) is 24.0 Å². The lowest BCUT2D eigenvalue weighted by molar-refractivity contribution is -0.240. The minimum absolute atomic E-state index is 0. The fraction of sp³-hybridized carbons (Fsp3) is 0.588. The first-order valence-electron chi connectivity index (χ1n) is 7.69. The number of rotatable bonds is 3. The SMILES string of the molecule is CN=C([O-])Oc1cc([N+](C)(C)C)ccc1C1CCCCC1.I. The zero-order valence-corrected chi connectivity index (χ0v) is 16.3. The molecule has 0 bridgehead atoms. The maximum atomic E-state index is 11.6. The fourth-order valence-electron chi connectivity index (χ4n) is 2.92. The number of ether oxygens (including phenoxy) is 1. The third kappa shape index (κ3) is 4.84. The summed E-state index contributed by atoms with van der Waals surface area (Å²) in [5, 5.41) is 11.6. The average Bonchev–Trinajstić information content (AvgIpc) is 2.47. The summed E-state index contributed by atoms with van der Waals surface area (Å²) in [5.41, 5.74) is 2.28. The van der Waals surface area contributed by atoms with Gasteiger partial charge in [-0.25, -0.2) is 0 Å². The maximum absolute atomic E-state index is 11.6. The van der Waals surface area contributed by atoms with Crippen molar-refractivity contribution in [3.63, 3.8) is 0 Å². The summed E-state index contributed by atoms with van der Waals surface area (Å²) in [6.07, 6.45) is 5.66. The van der Waals surface area contributed by atoms with E-state index in [1.165, 1.54) is 39.2 Å². The van der Waals surface area contributed by atoms with Crippen LogP contribution in [-0.2, 0) is 0 Å². The fourth-order valence-corrected chi connectivity index (χ4v) is 2.92. The Hall–Kier alpha value is -0.820. The number of nitrogens with zero attached hydrogens (tertiary/aromatic N) is 2. The van der Waals surface area contributed by atoms with Crippen LogP contribution < -0.4 is 14.3 Å². The molecule has 0 radical (unpaired) electrons. The number of hydrogen-bond donors (Lipinski definition) is 0. The first kappa shape index (κ1) is 19.2. The normalized spacial score (nSPS) is 17.0. The minimum Gasteiger partial charge on any atom is -0.566 e. The molecule has 1 fully saturated rings. The van der Waals surface area contributed by atoms with Gasteiger partial charge >= 0.3 is 0 Å². The lowest BCUT2D eigenvalue weighted by atomic mass is 9.83. The quantitative estimate of drug-likeness (QED) is 0.327. The molecule has 0 saturated heterocycles. The van der Waals surface area contributed by atoms with Gasteiger partial charge in [0, 0.05) is 18.9 Å².